The maximum Gasteiger partial charge on any atom is 0.319 e. The normalized spacial score (nSPS) is 20.3. The molecule has 1 aliphatic rings. The molecule has 0 saturated heterocycles. The van der Waals surface area contributed by atoms with Crippen LogP contribution in [-0.4, -0.2) is 35.3 Å². The van der Waals surface area contributed by atoms with E-state index in [4.69, 9.17) is 5.11 Å². The van der Waals surface area contributed by atoms with Crippen molar-refractivity contribution >= 4 is 29.4 Å². The van der Waals surface area contributed by atoms with Gasteiger partial charge in [-0.05, 0) is 43.9 Å². The third-order valence-electron chi connectivity index (χ3n) is 3.97. The van der Waals surface area contributed by atoms with Crippen molar-refractivity contribution in [3.63, 3.8) is 0 Å². The first kappa shape index (κ1) is 19.4. The summed E-state index contributed by atoms with van der Waals surface area (Å²) in [6.45, 7) is 0. The summed E-state index contributed by atoms with van der Waals surface area (Å²) >= 11 is 0.831. The minimum Gasteiger partial charge on any atom is -0.481 e. The summed E-state index contributed by atoms with van der Waals surface area (Å²) in [5.41, 5.74) is 0.127. The molecule has 9 heteroatoms. The third-order valence-corrected chi connectivity index (χ3v) is 5.05. The highest BCUT2D eigenvalue weighted by molar-refractivity contribution is 7.99. The van der Waals surface area contributed by atoms with Crippen LogP contribution in [0.2, 0.25) is 0 Å². The van der Waals surface area contributed by atoms with Crippen molar-refractivity contribution in [2.75, 3.05) is 11.1 Å². The molecule has 0 unspecified atom stereocenters. The van der Waals surface area contributed by atoms with Crippen molar-refractivity contribution in [2.45, 2.75) is 43.0 Å². The Morgan fingerprint density at radius 1 is 1.24 bits per heavy atom. The van der Waals surface area contributed by atoms with Crippen molar-refractivity contribution in [3.05, 3.63) is 24.0 Å². The third kappa shape index (κ3) is 6.15. The molecular weight excluding hydrogens is 357 g/mol. The van der Waals surface area contributed by atoms with Crippen LogP contribution < -0.4 is 10.6 Å². The van der Waals surface area contributed by atoms with Crippen molar-refractivity contribution in [3.8, 4) is 0 Å². The lowest BCUT2D eigenvalue weighted by Crippen LogP contribution is -2.41. The highest BCUT2D eigenvalue weighted by Crippen LogP contribution is 2.29. The number of carbonyl (C=O) groups is 2. The van der Waals surface area contributed by atoms with Gasteiger partial charge in [0.05, 0.1) is 17.4 Å². The molecule has 2 rings (SSSR count). The summed E-state index contributed by atoms with van der Waals surface area (Å²) in [6, 6.07) is 2.83. The van der Waals surface area contributed by atoms with Gasteiger partial charge < -0.3 is 15.7 Å². The molecule has 0 aromatic heterocycles. The fourth-order valence-corrected chi connectivity index (χ4v) is 3.44. The SMILES string of the molecule is O=C(Nc1cc(F)ccc1SCC(F)F)NC1CCC(C(=O)O)CC1. The van der Waals surface area contributed by atoms with Gasteiger partial charge in [-0.2, -0.15) is 0 Å². The van der Waals surface area contributed by atoms with Gasteiger partial charge in [-0.25, -0.2) is 18.0 Å². The largest absolute Gasteiger partial charge is 0.481 e. The molecule has 0 spiro atoms. The van der Waals surface area contributed by atoms with Gasteiger partial charge in [0.25, 0.3) is 0 Å². The lowest BCUT2D eigenvalue weighted by atomic mass is 9.86. The van der Waals surface area contributed by atoms with E-state index < -0.39 is 30.0 Å². The fraction of sp³-hybridized carbons (Fsp3) is 0.500. The molecular formula is C16H19F3N2O3S. The van der Waals surface area contributed by atoms with E-state index >= 15 is 0 Å². The number of carboxylic acids is 1. The molecule has 138 valence electrons. The van der Waals surface area contributed by atoms with Gasteiger partial charge in [0.15, 0.2) is 0 Å². The van der Waals surface area contributed by atoms with Crippen LogP contribution in [0.5, 0.6) is 0 Å². The van der Waals surface area contributed by atoms with E-state index in [0.717, 1.165) is 23.9 Å². The number of hydrogen-bond acceptors (Lipinski definition) is 3. The number of carboxylic acid groups (broad SMARTS) is 1. The van der Waals surface area contributed by atoms with Gasteiger partial charge in [-0.1, -0.05) is 0 Å². The van der Waals surface area contributed by atoms with Crippen molar-refractivity contribution < 1.29 is 27.9 Å². The Balaban J connectivity index is 1.91. The number of urea groups is 1. The maximum absolute atomic E-state index is 13.4. The Kier molecular flexibility index (Phi) is 6.98. The number of anilines is 1. The summed E-state index contributed by atoms with van der Waals surface area (Å²) in [7, 11) is 0. The van der Waals surface area contributed by atoms with Crippen molar-refractivity contribution in [2.24, 2.45) is 5.92 Å². The number of aliphatic carboxylic acids is 1. The summed E-state index contributed by atoms with van der Waals surface area (Å²) in [5.74, 6) is -2.26. The highest BCUT2D eigenvalue weighted by atomic mass is 32.2. The lowest BCUT2D eigenvalue weighted by Gasteiger charge is -2.27. The zero-order valence-electron chi connectivity index (χ0n) is 13.3. The Labute approximate surface area is 147 Å². The Bertz CT molecular complexity index is 623. The topological polar surface area (TPSA) is 78.4 Å². The quantitative estimate of drug-likeness (QED) is 0.657. The fourth-order valence-electron chi connectivity index (χ4n) is 2.71. The molecule has 1 fully saturated rings. The van der Waals surface area contributed by atoms with E-state index in [1.165, 1.54) is 6.07 Å². The number of benzene rings is 1. The van der Waals surface area contributed by atoms with Gasteiger partial charge in [0.1, 0.15) is 5.82 Å². The zero-order chi connectivity index (χ0) is 18.4. The average molecular weight is 376 g/mol. The first-order valence-electron chi connectivity index (χ1n) is 7.86. The number of thioether (sulfide) groups is 1. The van der Waals surface area contributed by atoms with E-state index in [1.807, 2.05) is 0 Å². The number of alkyl halides is 2. The minimum absolute atomic E-state index is 0.127. The number of hydrogen-bond donors (Lipinski definition) is 3. The number of amides is 2. The van der Waals surface area contributed by atoms with E-state index in [2.05, 4.69) is 10.6 Å². The molecule has 1 aromatic rings. The van der Waals surface area contributed by atoms with Crippen LogP contribution in [0.4, 0.5) is 23.7 Å². The summed E-state index contributed by atoms with van der Waals surface area (Å²) in [6.07, 6.45) is -0.465. The van der Waals surface area contributed by atoms with Crippen LogP contribution in [0.15, 0.2) is 23.1 Å². The van der Waals surface area contributed by atoms with E-state index in [-0.39, 0.29) is 17.6 Å². The van der Waals surface area contributed by atoms with Crippen LogP contribution in [0, 0.1) is 11.7 Å². The van der Waals surface area contributed by atoms with E-state index in [0.29, 0.717) is 30.6 Å². The Morgan fingerprint density at radius 3 is 2.52 bits per heavy atom. The second-order valence-electron chi connectivity index (χ2n) is 5.83. The molecule has 1 aromatic carbocycles. The molecule has 0 aliphatic heterocycles. The molecule has 1 aliphatic carbocycles. The first-order valence-corrected chi connectivity index (χ1v) is 8.84. The maximum atomic E-state index is 13.4. The standard InChI is InChI=1S/C16H19F3N2O3S/c17-10-3-6-13(25-8-14(18)19)12(7-10)21-16(24)20-11-4-1-9(2-5-11)15(22)23/h3,6-7,9,11,14H,1-2,4-5,8H2,(H,22,23)(H2,20,21,24). The summed E-state index contributed by atoms with van der Waals surface area (Å²) in [5, 5.41) is 14.2. The second-order valence-corrected chi connectivity index (χ2v) is 6.89. The Hall–Kier alpha value is -1.90. The smallest absolute Gasteiger partial charge is 0.319 e. The van der Waals surface area contributed by atoms with E-state index in [9.17, 15) is 22.8 Å². The number of rotatable bonds is 6. The van der Waals surface area contributed by atoms with Crippen molar-refractivity contribution in [1.82, 2.24) is 5.32 Å². The Morgan fingerprint density at radius 2 is 1.92 bits per heavy atom. The summed E-state index contributed by atoms with van der Waals surface area (Å²) in [4.78, 5) is 23.3. The minimum atomic E-state index is -2.51. The van der Waals surface area contributed by atoms with Gasteiger partial charge in [-0.3, -0.25) is 4.79 Å². The average Bonchev–Trinajstić information content (AvgIpc) is 2.54. The van der Waals surface area contributed by atoms with Gasteiger partial charge in [-0.15, -0.1) is 11.8 Å². The zero-order valence-corrected chi connectivity index (χ0v) is 14.1. The number of halogens is 3. The number of nitrogens with one attached hydrogen (secondary N) is 2. The molecule has 5 nitrogen and oxygen atoms in total. The molecule has 3 N–H and O–H groups in total. The predicted molar refractivity (Wildman–Crippen MR) is 88.7 cm³/mol. The molecule has 2 amide bonds. The molecule has 25 heavy (non-hydrogen) atoms. The van der Waals surface area contributed by atoms with Crippen LogP contribution in [-0.2, 0) is 4.79 Å². The second kappa shape index (κ2) is 8.98. The molecule has 0 bridgehead atoms. The van der Waals surface area contributed by atoms with Gasteiger partial charge in [0, 0.05) is 10.9 Å². The molecule has 0 radical (unpaired) electrons. The first-order chi connectivity index (χ1) is 11.8. The van der Waals surface area contributed by atoms with Gasteiger partial charge in [0.2, 0.25) is 6.43 Å². The van der Waals surface area contributed by atoms with E-state index in [1.54, 1.807) is 0 Å². The van der Waals surface area contributed by atoms with Gasteiger partial charge >= 0.3 is 12.0 Å². The summed E-state index contributed by atoms with van der Waals surface area (Å²) < 4.78 is 38.1. The van der Waals surface area contributed by atoms with Crippen LogP contribution in [0.1, 0.15) is 25.7 Å². The lowest BCUT2D eigenvalue weighted by molar-refractivity contribution is -0.142. The molecule has 1 saturated carbocycles. The van der Waals surface area contributed by atoms with Crippen LogP contribution in [0.25, 0.3) is 0 Å². The van der Waals surface area contributed by atoms with Crippen LogP contribution >= 0.6 is 11.8 Å². The monoisotopic (exact) mass is 376 g/mol. The van der Waals surface area contributed by atoms with Crippen LogP contribution in [0.3, 0.4) is 0 Å². The highest BCUT2D eigenvalue weighted by Gasteiger charge is 2.26. The predicted octanol–water partition coefficient (Wildman–Crippen LogP) is 3.95. The molecule has 0 heterocycles. The van der Waals surface area contributed by atoms with Crippen molar-refractivity contribution in [1.29, 1.82) is 0 Å². The number of carbonyl (C=O) groups excluding carboxylic acids is 1. The molecule has 0 atom stereocenters.